The van der Waals surface area contributed by atoms with Gasteiger partial charge in [0.05, 0.1) is 10.9 Å². The average Bonchev–Trinajstić information content (AvgIpc) is 2.34. The van der Waals surface area contributed by atoms with E-state index >= 15 is 0 Å². The summed E-state index contributed by atoms with van der Waals surface area (Å²) in [6, 6.07) is 4.21. The summed E-state index contributed by atoms with van der Waals surface area (Å²) in [4.78, 5) is 14.2. The van der Waals surface area contributed by atoms with Crippen LogP contribution in [0.2, 0.25) is 5.02 Å². The van der Waals surface area contributed by atoms with Gasteiger partial charge in [0.2, 0.25) is 5.91 Å². The van der Waals surface area contributed by atoms with Crippen molar-refractivity contribution in [2.24, 2.45) is 5.92 Å². The summed E-state index contributed by atoms with van der Waals surface area (Å²) in [6.07, 6.45) is 1.92. The number of piperidine rings is 1. The van der Waals surface area contributed by atoms with Gasteiger partial charge in [0.1, 0.15) is 5.82 Å². The van der Waals surface area contributed by atoms with Crippen molar-refractivity contribution in [3.05, 3.63) is 29.0 Å². The van der Waals surface area contributed by atoms with E-state index in [9.17, 15) is 9.18 Å². The predicted molar refractivity (Wildman–Crippen MR) is 70.3 cm³/mol. The molecule has 1 heterocycles. The normalized spacial score (nSPS) is 20.7. The molecule has 0 bridgehead atoms. The number of rotatable bonds is 2. The summed E-state index contributed by atoms with van der Waals surface area (Å²) < 4.78 is 13.0. The van der Waals surface area contributed by atoms with Gasteiger partial charge in [-0.25, -0.2) is 4.39 Å². The van der Waals surface area contributed by atoms with Crippen molar-refractivity contribution in [3.63, 3.8) is 0 Å². The lowest BCUT2D eigenvalue weighted by Gasteiger charge is -2.28. The fraction of sp³-hybridized carbons (Fsp3) is 0.462. The van der Waals surface area contributed by atoms with E-state index in [2.05, 4.69) is 10.2 Å². The Balaban J connectivity index is 2.00. The quantitative estimate of drug-likeness (QED) is 0.896. The molecular formula is C13H16ClFN2O. The van der Waals surface area contributed by atoms with Crippen molar-refractivity contribution in [1.29, 1.82) is 0 Å². The minimum absolute atomic E-state index is 0.00687. The number of hydrogen-bond acceptors (Lipinski definition) is 2. The van der Waals surface area contributed by atoms with Gasteiger partial charge in [0.25, 0.3) is 0 Å². The number of likely N-dealkylation sites (tertiary alicyclic amines) is 1. The van der Waals surface area contributed by atoms with Crippen LogP contribution in [0.25, 0.3) is 0 Å². The van der Waals surface area contributed by atoms with E-state index in [1.807, 2.05) is 7.05 Å². The van der Waals surface area contributed by atoms with Crippen LogP contribution in [0.4, 0.5) is 10.1 Å². The first-order valence-corrected chi connectivity index (χ1v) is 6.38. The monoisotopic (exact) mass is 270 g/mol. The fourth-order valence-corrected chi connectivity index (χ4v) is 2.38. The highest BCUT2D eigenvalue weighted by atomic mass is 35.5. The molecule has 1 N–H and O–H groups in total. The lowest BCUT2D eigenvalue weighted by Crippen LogP contribution is -2.38. The Morgan fingerprint density at radius 3 is 3.00 bits per heavy atom. The molecule has 1 aromatic rings. The zero-order valence-corrected chi connectivity index (χ0v) is 11.0. The highest BCUT2D eigenvalue weighted by molar-refractivity contribution is 6.31. The van der Waals surface area contributed by atoms with Crippen LogP contribution in [0.1, 0.15) is 12.8 Å². The number of amides is 1. The van der Waals surface area contributed by atoms with E-state index in [1.54, 1.807) is 0 Å². The Kier molecular flexibility index (Phi) is 4.19. The molecule has 1 aliphatic heterocycles. The summed E-state index contributed by atoms with van der Waals surface area (Å²) in [7, 11) is 2.01. The molecule has 0 aromatic heterocycles. The third kappa shape index (κ3) is 3.21. The number of anilines is 1. The van der Waals surface area contributed by atoms with Gasteiger partial charge in [-0.15, -0.1) is 0 Å². The van der Waals surface area contributed by atoms with Crippen LogP contribution in [-0.4, -0.2) is 30.9 Å². The molecule has 1 amide bonds. The number of carbonyl (C=O) groups excluding carboxylic acids is 1. The standard InChI is InChI=1S/C13H16ClFN2O/c1-17-6-2-3-9(8-17)13(18)16-10-4-5-12(15)11(14)7-10/h4-5,7,9H,2-3,6,8H2,1H3,(H,16,18)/t9-/m0/s1. The number of carbonyl (C=O) groups is 1. The Bertz CT molecular complexity index is 453. The van der Waals surface area contributed by atoms with Crippen LogP contribution in [0.3, 0.4) is 0 Å². The molecule has 3 nitrogen and oxygen atoms in total. The molecule has 5 heteroatoms. The van der Waals surface area contributed by atoms with Crippen LogP contribution in [-0.2, 0) is 4.79 Å². The first-order valence-electron chi connectivity index (χ1n) is 6.00. The van der Waals surface area contributed by atoms with E-state index < -0.39 is 5.82 Å². The van der Waals surface area contributed by atoms with Crippen LogP contribution < -0.4 is 5.32 Å². The lowest BCUT2D eigenvalue weighted by molar-refractivity contribution is -0.121. The highest BCUT2D eigenvalue weighted by Gasteiger charge is 2.23. The van der Waals surface area contributed by atoms with E-state index in [-0.39, 0.29) is 16.8 Å². The second-order valence-electron chi connectivity index (χ2n) is 4.72. The first kappa shape index (κ1) is 13.3. The van der Waals surface area contributed by atoms with Gasteiger partial charge in [-0.3, -0.25) is 4.79 Å². The molecule has 0 saturated carbocycles. The second kappa shape index (κ2) is 5.67. The molecule has 0 aliphatic carbocycles. The average molecular weight is 271 g/mol. The molecule has 1 saturated heterocycles. The van der Waals surface area contributed by atoms with Gasteiger partial charge in [-0.05, 0) is 44.6 Å². The van der Waals surface area contributed by atoms with Crippen molar-refractivity contribution < 1.29 is 9.18 Å². The van der Waals surface area contributed by atoms with E-state index in [0.717, 1.165) is 25.9 Å². The predicted octanol–water partition coefficient (Wildman–Crippen LogP) is 2.76. The molecule has 1 aliphatic rings. The molecule has 1 aromatic carbocycles. The van der Waals surface area contributed by atoms with Gasteiger partial charge in [-0.1, -0.05) is 11.6 Å². The van der Waals surface area contributed by atoms with Crippen molar-refractivity contribution in [3.8, 4) is 0 Å². The van der Waals surface area contributed by atoms with Gasteiger partial charge in [-0.2, -0.15) is 0 Å². The maximum Gasteiger partial charge on any atom is 0.228 e. The third-order valence-electron chi connectivity index (χ3n) is 3.18. The molecule has 2 rings (SSSR count). The second-order valence-corrected chi connectivity index (χ2v) is 5.13. The topological polar surface area (TPSA) is 32.3 Å². The molecule has 0 radical (unpaired) electrons. The molecule has 0 spiro atoms. The summed E-state index contributed by atoms with van der Waals surface area (Å²) in [6.45, 7) is 1.80. The van der Waals surface area contributed by atoms with Crippen LogP contribution in [0, 0.1) is 11.7 Å². The molecule has 1 fully saturated rings. The van der Waals surface area contributed by atoms with Gasteiger partial charge in [0.15, 0.2) is 0 Å². The van der Waals surface area contributed by atoms with Crippen LogP contribution >= 0.6 is 11.6 Å². The fourth-order valence-electron chi connectivity index (χ4n) is 2.20. The minimum Gasteiger partial charge on any atom is -0.326 e. The lowest BCUT2D eigenvalue weighted by atomic mass is 9.97. The van der Waals surface area contributed by atoms with Gasteiger partial charge < -0.3 is 10.2 Å². The Morgan fingerprint density at radius 2 is 2.33 bits per heavy atom. The highest BCUT2D eigenvalue weighted by Crippen LogP contribution is 2.21. The van der Waals surface area contributed by atoms with Crippen LogP contribution in [0.15, 0.2) is 18.2 Å². The number of hydrogen-bond donors (Lipinski definition) is 1. The Labute approximate surface area is 111 Å². The van der Waals surface area contributed by atoms with E-state index in [0.29, 0.717) is 5.69 Å². The zero-order chi connectivity index (χ0) is 13.1. The van der Waals surface area contributed by atoms with Crippen molar-refractivity contribution in [2.75, 3.05) is 25.5 Å². The third-order valence-corrected chi connectivity index (χ3v) is 3.47. The summed E-state index contributed by atoms with van der Waals surface area (Å²) >= 11 is 5.67. The SMILES string of the molecule is CN1CCC[C@H](C(=O)Nc2ccc(F)c(Cl)c2)C1. The number of nitrogens with zero attached hydrogens (tertiary/aromatic N) is 1. The molecule has 98 valence electrons. The smallest absolute Gasteiger partial charge is 0.228 e. The Morgan fingerprint density at radius 1 is 1.56 bits per heavy atom. The summed E-state index contributed by atoms with van der Waals surface area (Å²) in [5, 5.41) is 2.81. The molecule has 0 unspecified atom stereocenters. The number of nitrogens with one attached hydrogen (secondary N) is 1. The number of halogens is 2. The maximum atomic E-state index is 13.0. The molecular weight excluding hydrogens is 255 g/mol. The zero-order valence-electron chi connectivity index (χ0n) is 10.2. The van der Waals surface area contributed by atoms with Crippen molar-refractivity contribution in [1.82, 2.24) is 4.90 Å². The van der Waals surface area contributed by atoms with Gasteiger partial charge >= 0.3 is 0 Å². The van der Waals surface area contributed by atoms with E-state index in [1.165, 1.54) is 18.2 Å². The number of benzene rings is 1. The first-order chi connectivity index (χ1) is 8.56. The largest absolute Gasteiger partial charge is 0.326 e. The van der Waals surface area contributed by atoms with Crippen LogP contribution in [0.5, 0.6) is 0 Å². The van der Waals surface area contributed by atoms with Crippen molar-refractivity contribution >= 4 is 23.2 Å². The Hall–Kier alpha value is -1.13. The minimum atomic E-state index is -0.480. The van der Waals surface area contributed by atoms with Crippen molar-refractivity contribution in [2.45, 2.75) is 12.8 Å². The van der Waals surface area contributed by atoms with E-state index in [4.69, 9.17) is 11.6 Å². The maximum absolute atomic E-state index is 13.0. The molecule has 18 heavy (non-hydrogen) atoms. The summed E-state index contributed by atoms with van der Waals surface area (Å²) in [5.41, 5.74) is 0.541. The summed E-state index contributed by atoms with van der Waals surface area (Å²) in [5.74, 6) is -0.510. The molecule has 1 atom stereocenters. The van der Waals surface area contributed by atoms with Gasteiger partial charge in [0, 0.05) is 12.2 Å².